The molecule has 0 aromatic heterocycles. The molecule has 0 bridgehead atoms. The van der Waals surface area contributed by atoms with E-state index in [4.69, 9.17) is 10.2 Å². The van der Waals surface area contributed by atoms with E-state index in [1.165, 1.54) is 15.5 Å². The number of carbonyl (C=O) groups is 3. The molecule has 1 atom stereocenters. The fourth-order valence-corrected chi connectivity index (χ4v) is 4.05. The summed E-state index contributed by atoms with van der Waals surface area (Å²) in [5.41, 5.74) is 3.18. The van der Waals surface area contributed by atoms with Crippen LogP contribution < -0.4 is 4.90 Å². The third kappa shape index (κ3) is 6.70. The normalized spacial score (nSPS) is 13.1. The number of hydrogen-bond donors (Lipinski definition) is 2. The van der Waals surface area contributed by atoms with Gasteiger partial charge in [-0.1, -0.05) is 36.9 Å². The molecule has 170 valence electrons. The largest absolute Gasteiger partial charge is 0.478 e. The topological polar surface area (TPSA) is 98.2 Å². The molecule has 2 N–H and O–H groups in total. The van der Waals surface area contributed by atoms with Gasteiger partial charge < -0.3 is 20.0 Å². The SMILES string of the molecule is CCC(=O)c1ccc2c(c1)N(CC(C)N(C)C)c1ccccc1S2.O=C(O)/C=C/C(=O)O. The van der Waals surface area contributed by atoms with E-state index in [-0.39, 0.29) is 5.78 Å². The molecule has 0 aliphatic carbocycles. The van der Waals surface area contributed by atoms with Gasteiger partial charge in [0, 0.05) is 46.5 Å². The number of hydrogen-bond acceptors (Lipinski definition) is 6. The van der Waals surface area contributed by atoms with E-state index in [0.29, 0.717) is 24.6 Å². The van der Waals surface area contributed by atoms with Crippen molar-refractivity contribution in [3.05, 3.63) is 60.2 Å². The molecule has 0 saturated heterocycles. The first-order valence-corrected chi connectivity index (χ1v) is 11.0. The Morgan fingerprint density at radius 1 is 1.00 bits per heavy atom. The fraction of sp³-hybridized carbons (Fsp3) is 0.292. The van der Waals surface area contributed by atoms with Crippen LogP contribution in [0, 0.1) is 0 Å². The predicted octanol–water partition coefficient (Wildman–Crippen LogP) is 4.54. The van der Waals surface area contributed by atoms with E-state index >= 15 is 0 Å². The van der Waals surface area contributed by atoms with Crippen molar-refractivity contribution < 1.29 is 24.6 Å². The molecule has 1 heterocycles. The smallest absolute Gasteiger partial charge is 0.328 e. The number of likely N-dealkylation sites (N-methyl/N-ethyl adjacent to an activating group) is 1. The number of carboxylic acid groups (broad SMARTS) is 2. The molecule has 2 aromatic carbocycles. The first-order chi connectivity index (χ1) is 15.1. The minimum atomic E-state index is -1.26. The molecule has 0 radical (unpaired) electrons. The van der Waals surface area contributed by atoms with Crippen molar-refractivity contribution in [3.8, 4) is 0 Å². The van der Waals surface area contributed by atoms with Crippen LogP contribution in [0.15, 0.2) is 64.4 Å². The lowest BCUT2D eigenvalue weighted by atomic mass is 10.1. The third-order valence-corrected chi connectivity index (χ3v) is 6.10. The molecule has 1 aliphatic rings. The molecule has 8 heteroatoms. The number of anilines is 2. The maximum atomic E-state index is 12.1. The summed E-state index contributed by atoms with van der Waals surface area (Å²) < 4.78 is 0. The van der Waals surface area contributed by atoms with Crippen molar-refractivity contribution in [2.24, 2.45) is 0 Å². The van der Waals surface area contributed by atoms with Gasteiger partial charge in [0.2, 0.25) is 0 Å². The Balaban J connectivity index is 0.000000390. The van der Waals surface area contributed by atoms with Gasteiger partial charge in [-0.3, -0.25) is 4.79 Å². The highest BCUT2D eigenvalue weighted by molar-refractivity contribution is 7.99. The summed E-state index contributed by atoms with van der Waals surface area (Å²) in [4.78, 5) is 38.3. The summed E-state index contributed by atoms with van der Waals surface area (Å²) in [6.45, 7) is 5.03. The molecule has 1 unspecified atom stereocenters. The number of aliphatic carboxylic acids is 2. The minimum absolute atomic E-state index is 0.197. The molecule has 0 spiro atoms. The molecule has 32 heavy (non-hydrogen) atoms. The minimum Gasteiger partial charge on any atom is -0.478 e. The number of nitrogens with zero attached hydrogens (tertiary/aromatic N) is 2. The van der Waals surface area contributed by atoms with E-state index in [9.17, 15) is 14.4 Å². The Morgan fingerprint density at radius 2 is 1.59 bits per heavy atom. The molecule has 2 aromatic rings. The monoisotopic (exact) mass is 456 g/mol. The number of ketones is 1. The number of fused-ring (bicyclic) bond motifs is 2. The number of rotatable bonds is 7. The Morgan fingerprint density at radius 3 is 2.16 bits per heavy atom. The van der Waals surface area contributed by atoms with Crippen LogP contribution in [0.2, 0.25) is 0 Å². The second-order valence-corrected chi connectivity index (χ2v) is 8.55. The predicted molar refractivity (Wildman–Crippen MR) is 126 cm³/mol. The first kappa shape index (κ1) is 25.2. The van der Waals surface area contributed by atoms with Crippen LogP contribution >= 0.6 is 11.8 Å². The quantitative estimate of drug-likeness (QED) is 0.463. The van der Waals surface area contributed by atoms with Crippen molar-refractivity contribution >= 4 is 40.9 Å². The summed E-state index contributed by atoms with van der Waals surface area (Å²) in [5, 5.41) is 15.6. The summed E-state index contributed by atoms with van der Waals surface area (Å²) in [6, 6.07) is 15.0. The molecular weight excluding hydrogens is 428 g/mol. The molecule has 0 saturated carbocycles. The summed E-state index contributed by atoms with van der Waals surface area (Å²) in [7, 11) is 4.21. The molecule has 7 nitrogen and oxygen atoms in total. The Bertz CT molecular complexity index is 1000. The summed E-state index contributed by atoms with van der Waals surface area (Å²) >= 11 is 1.78. The van der Waals surface area contributed by atoms with E-state index < -0.39 is 11.9 Å². The Kier molecular flexibility index (Phi) is 9.04. The second kappa shape index (κ2) is 11.5. The zero-order chi connectivity index (χ0) is 23.8. The Labute approximate surface area is 192 Å². The number of carbonyl (C=O) groups excluding carboxylic acids is 1. The molecule has 1 aliphatic heterocycles. The average Bonchev–Trinajstić information content (AvgIpc) is 2.77. The number of Topliss-reactive ketones (excluding diaryl/α,β-unsaturated/α-hetero) is 1. The highest BCUT2D eigenvalue weighted by atomic mass is 32.2. The van der Waals surface area contributed by atoms with Crippen LogP contribution in [0.3, 0.4) is 0 Å². The fourth-order valence-electron chi connectivity index (χ4n) is 2.97. The summed E-state index contributed by atoms with van der Waals surface area (Å²) in [5.74, 6) is -2.32. The lowest BCUT2D eigenvalue weighted by molar-refractivity contribution is -0.134. The van der Waals surface area contributed by atoms with Crippen molar-refractivity contribution in [1.82, 2.24) is 4.90 Å². The van der Waals surface area contributed by atoms with Crippen LogP contribution in [-0.2, 0) is 9.59 Å². The average molecular weight is 457 g/mol. The summed E-state index contributed by atoms with van der Waals surface area (Å²) in [6.07, 6.45) is 1.65. The standard InChI is InChI=1S/C20H24N2OS.C4H4O4/c1-5-18(23)15-10-11-20-17(12-15)22(13-14(2)21(3)4)16-8-6-7-9-19(16)24-20;5-3(6)1-2-4(7)8/h6-12,14H,5,13H2,1-4H3;1-2H,(H,5,6)(H,7,8)/b;2-1+. The van der Waals surface area contributed by atoms with E-state index in [1.807, 2.05) is 13.0 Å². The highest BCUT2D eigenvalue weighted by Gasteiger charge is 2.25. The van der Waals surface area contributed by atoms with Gasteiger partial charge in [0.25, 0.3) is 0 Å². The van der Waals surface area contributed by atoms with Crippen LogP contribution in [0.25, 0.3) is 0 Å². The van der Waals surface area contributed by atoms with E-state index in [1.54, 1.807) is 11.8 Å². The highest BCUT2D eigenvalue weighted by Crippen LogP contribution is 2.48. The van der Waals surface area contributed by atoms with Gasteiger partial charge in [-0.05, 0) is 45.3 Å². The number of carboxylic acids is 2. The van der Waals surface area contributed by atoms with Crippen LogP contribution in [0.4, 0.5) is 11.4 Å². The molecule has 0 fully saturated rings. The van der Waals surface area contributed by atoms with Gasteiger partial charge in [0.15, 0.2) is 5.78 Å². The van der Waals surface area contributed by atoms with Crippen molar-refractivity contribution in [2.45, 2.75) is 36.1 Å². The Hall–Kier alpha value is -3.10. The van der Waals surface area contributed by atoms with Crippen molar-refractivity contribution in [2.75, 3.05) is 25.5 Å². The van der Waals surface area contributed by atoms with Crippen LogP contribution in [0.5, 0.6) is 0 Å². The van der Waals surface area contributed by atoms with Gasteiger partial charge in [0.1, 0.15) is 0 Å². The van der Waals surface area contributed by atoms with E-state index in [0.717, 1.165) is 17.8 Å². The zero-order valence-corrected chi connectivity index (χ0v) is 19.4. The van der Waals surface area contributed by atoms with E-state index in [2.05, 4.69) is 67.2 Å². The van der Waals surface area contributed by atoms with Gasteiger partial charge in [-0.25, -0.2) is 9.59 Å². The lowest BCUT2D eigenvalue weighted by Crippen LogP contribution is -2.37. The first-order valence-electron chi connectivity index (χ1n) is 10.2. The molecule has 3 rings (SSSR count). The van der Waals surface area contributed by atoms with Crippen LogP contribution in [0.1, 0.15) is 30.6 Å². The van der Waals surface area contributed by atoms with Gasteiger partial charge >= 0.3 is 11.9 Å². The molecule has 0 amide bonds. The number of benzene rings is 2. The maximum Gasteiger partial charge on any atom is 0.328 e. The second-order valence-electron chi connectivity index (χ2n) is 7.46. The lowest BCUT2D eigenvalue weighted by Gasteiger charge is -2.36. The third-order valence-electron chi connectivity index (χ3n) is 4.97. The van der Waals surface area contributed by atoms with Crippen molar-refractivity contribution in [1.29, 1.82) is 0 Å². The zero-order valence-electron chi connectivity index (χ0n) is 18.6. The molecular formula is C24H28N2O5S. The number of para-hydroxylation sites is 1. The van der Waals surface area contributed by atoms with Gasteiger partial charge in [-0.2, -0.15) is 0 Å². The van der Waals surface area contributed by atoms with Gasteiger partial charge in [-0.15, -0.1) is 0 Å². The van der Waals surface area contributed by atoms with Gasteiger partial charge in [0.05, 0.1) is 11.4 Å². The van der Waals surface area contributed by atoms with Crippen LogP contribution in [-0.4, -0.2) is 59.5 Å². The van der Waals surface area contributed by atoms with Crippen molar-refractivity contribution in [3.63, 3.8) is 0 Å². The maximum absolute atomic E-state index is 12.1.